The lowest BCUT2D eigenvalue weighted by atomic mass is 9.74. The first-order valence-corrected chi connectivity index (χ1v) is 16.1. The van der Waals surface area contributed by atoms with E-state index in [4.69, 9.17) is 9.47 Å². The number of likely N-dealkylation sites (tertiary alicyclic amines) is 1. The molecule has 0 saturated carbocycles. The van der Waals surface area contributed by atoms with Crippen molar-refractivity contribution < 1.29 is 33.8 Å². The summed E-state index contributed by atoms with van der Waals surface area (Å²) in [6, 6.07) is 7.67. The van der Waals surface area contributed by atoms with Gasteiger partial charge in [0.1, 0.15) is 18.2 Å². The first-order chi connectivity index (χ1) is 21.3. The lowest BCUT2D eigenvalue weighted by Gasteiger charge is -2.38. The van der Waals surface area contributed by atoms with Crippen LogP contribution in [-0.2, 0) is 28.7 Å². The number of carbonyl (C=O) groups is 4. The highest BCUT2D eigenvalue weighted by molar-refractivity contribution is 6.00. The van der Waals surface area contributed by atoms with Crippen LogP contribution in [0.15, 0.2) is 54.6 Å². The standard InChI is InChI=1S/C34H45N3O7/c1-3-13-23(2)36-19-10-5-9-16-27(39)43-22-25(24-14-7-4-8-15-24)35-31(40)28-26-17-18-34(44-26)29(28)32(41)37(30(34)33(36)42)20-11-6-12-21-38/h4-5,7-8,10,14-15,17-18,23,25-26,28-30,38H,3,6,9,11-13,16,19-22H2,1-2H3,(H,35,40)/b10-5-/t23?,25-,26-,28+,29+,30-,34+/m0/s1. The molecule has 1 spiro atoms. The third-order valence-corrected chi connectivity index (χ3v) is 9.40. The van der Waals surface area contributed by atoms with Gasteiger partial charge in [0.25, 0.3) is 0 Å². The van der Waals surface area contributed by atoms with Gasteiger partial charge in [0.15, 0.2) is 0 Å². The van der Waals surface area contributed by atoms with Gasteiger partial charge in [-0.2, -0.15) is 0 Å². The maximum atomic E-state index is 14.6. The summed E-state index contributed by atoms with van der Waals surface area (Å²) in [5.41, 5.74) is -0.480. The van der Waals surface area contributed by atoms with E-state index in [-0.39, 0.29) is 49.4 Å². The molecule has 2 fully saturated rings. The van der Waals surface area contributed by atoms with Crippen molar-refractivity contribution in [1.82, 2.24) is 15.1 Å². The molecular weight excluding hydrogens is 562 g/mol. The molecule has 0 aliphatic carbocycles. The molecule has 7 atom stereocenters. The number of amides is 3. The number of unbranched alkanes of at least 4 members (excludes halogenated alkanes) is 2. The number of esters is 1. The second-order valence-corrected chi connectivity index (χ2v) is 12.3. The number of aliphatic hydroxyl groups excluding tert-OH is 1. The number of cyclic esters (lactones) is 1. The highest BCUT2D eigenvalue weighted by atomic mass is 16.5. The molecule has 4 aliphatic rings. The van der Waals surface area contributed by atoms with Crippen LogP contribution in [0.2, 0.25) is 0 Å². The van der Waals surface area contributed by atoms with E-state index in [0.29, 0.717) is 38.8 Å². The summed E-state index contributed by atoms with van der Waals surface area (Å²) in [5.74, 6) is -2.92. The minimum atomic E-state index is -1.26. The Balaban J connectivity index is 1.54. The van der Waals surface area contributed by atoms with E-state index in [9.17, 15) is 24.3 Å². The number of carbonyl (C=O) groups excluding carboxylic acids is 4. The van der Waals surface area contributed by atoms with Crippen LogP contribution >= 0.6 is 0 Å². The summed E-state index contributed by atoms with van der Waals surface area (Å²) < 4.78 is 12.1. The van der Waals surface area contributed by atoms with Gasteiger partial charge in [0, 0.05) is 32.2 Å². The molecule has 4 heterocycles. The zero-order valence-electron chi connectivity index (χ0n) is 25.7. The number of nitrogens with zero attached hydrogens (tertiary/aromatic N) is 2. The van der Waals surface area contributed by atoms with Crippen molar-refractivity contribution in [3.8, 4) is 0 Å². The van der Waals surface area contributed by atoms with E-state index < -0.39 is 35.6 Å². The van der Waals surface area contributed by atoms with Crippen LogP contribution < -0.4 is 5.32 Å². The van der Waals surface area contributed by atoms with Crippen LogP contribution in [0.3, 0.4) is 0 Å². The summed E-state index contributed by atoms with van der Waals surface area (Å²) in [7, 11) is 0. The summed E-state index contributed by atoms with van der Waals surface area (Å²) in [5, 5.41) is 12.4. The zero-order valence-corrected chi connectivity index (χ0v) is 25.7. The molecule has 238 valence electrons. The topological polar surface area (TPSA) is 125 Å². The van der Waals surface area contributed by atoms with Gasteiger partial charge in [-0.25, -0.2) is 0 Å². The maximum Gasteiger partial charge on any atom is 0.306 e. The molecule has 10 heteroatoms. The average Bonchev–Trinajstić information content (AvgIpc) is 3.66. The largest absolute Gasteiger partial charge is 0.463 e. The van der Waals surface area contributed by atoms with Gasteiger partial charge < -0.3 is 29.7 Å². The Labute approximate surface area is 259 Å². The molecule has 0 aromatic heterocycles. The highest BCUT2D eigenvalue weighted by Gasteiger charge is 2.73. The van der Waals surface area contributed by atoms with E-state index >= 15 is 0 Å². The highest BCUT2D eigenvalue weighted by Crippen LogP contribution is 2.55. The fourth-order valence-corrected chi connectivity index (χ4v) is 7.21. The number of benzene rings is 1. The lowest BCUT2D eigenvalue weighted by molar-refractivity contribution is -0.149. The van der Waals surface area contributed by atoms with E-state index in [2.05, 4.69) is 12.2 Å². The fourth-order valence-electron chi connectivity index (χ4n) is 7.21. The molecule has 0 radical (unpaired) electrons. The van der Waals surface area contributed by atoms with Crippen LogP contribution in [0.1, 0.15) is 70.4 Å². The molecule has 1 aromatic rings. The Hall–Kier alpha value is -3.50. The van der Waals surface area contributed by atoms with Crippen molar-refractivity contribution in [3.63, 3.8) is 0 Å². The normalized spacial score (nSPS) is 32.0. The number of allylic oxidation sites excluding steroid dienone is 1. The molecule has 3 amide bonds. The van der Waals surface area contributed by atoms with Gasteiger partial charge in [0.2, 0.25) is 17.7 Å². The van der Waals surface area contributed by atoms with E-state index in [1.54, 1.807) is 9.80 Å². The quantitative estimate of drug-likeness (QED) is 0.251. The third kappa shape index (κ3) is 6.19. The van der Waals surface area contributed by atoms with E-state index in [1.807, 2.05) is 61.6 Å². The molecule has 2 saturated heterocycles. The summed E-state index contributed by atoms with van der Waals surface area (Å²) in [6.45, 7) is 4.75. The van der Waals surface area contributed by atoms with Gasteiger partial charge in [-0.15, -0.1) is 0 Å². The van der Waals surface area contributed by atoms with Crippen molar-refractivity contribution >= 4 is 23.7 Å². The number of hydrogen-bond donors (Lipinski definition) is 2. The molecule has 1 unspecified atom stereocenters. The molecule has 1 aromatic carbocycles. The van der Waals surface area contributed by atoms with Crippen molar-refractivity contribution in [2.45, 2.75) is 88.6 Å². The molecule has 44 heavy (non-hydrogen) atoms. The Bertz CT molecular complexity index is 1270. The van der Waals surface area contributed by atoms with Crippen LogP contribution in [0.25, 0.3) is 0 Å². The van der Waals surface area contributed by atoms with Gasteiger partial charge in [-0.3, -0.25) is 19.2 Å². The Kier molecular flexibility index (Phi) is 10.2. The van der Waals surface area contributed by atoms with Gasteiger partial charge in [-0.05, 0) is 44.6 Å². The number of fused-ring (bicyclic) bond motifs is 2. The van der Waals surface area contributed by atoms with Crippen LogP contribution in [0, 0.1) is 11.8 Å². The molecule has 5 rings (SSSR count). The van der Waals surface area contributed by atoms with Crippen molar-refractivity contribution in [2.24, 2.45) is 11.8 Å². The SMILES string of the molecule is CCCC(C)N1C/C=C\CCC(=O)OC[C@@H](c2ccccc2)NC(=O)[C@@H]2[C@@H]3C=C[C@]4(O3)[C@H](C1=O)N(CCCCCO)C(=O)[C@@H]24. The van der Waals surface area contributed by atoms with Crippen LogP contribution in [0.4, 0.5) is 0 Å². The molecule has 2 N–H and O–H groups in total. The molecule has 4 aliphatic heterocycles. The predicted octanol–water partition coefficient (Wildman–Crippen LogP) is 3.07. The Morgan fingerprint density at radius 1 is 1.07 bits per heavy atom. The van der Waals surface area contributed by atoms with Crippen LogP contribution in [0.5, 0.6) is 0 Å². The summed E-state index contributed by atoms with van der Waals surface area (Å²) >= 11 is 0. The average molecular weight is 608 g/mol. The second-order valence-electron chi connectivity index (χ2n) is 12.3. The smallest absolute Gasteiger partial charge is 0.306 e. The van der Waals surface area contributed by atoms with E-state index in [1.165, 1.54) is 0 Å². The van der Waals surface area contributed by atoms with Crippen molar-refractivity contribution in [3.05, 3.63) is 60.2 Å². The number of aliphatic hydroxyl groups is 1. The minimum Gasteiger partial charge on any atom is -0.463 e. The maximum absolute atomic E-state index is 14.6. The summed E-state index contributed by atoms with van der Waals surface area (Å²) in [4.78, 5) is 59.1. The Morgan fingerprint density at radius 3 is 2.61 bits per heavy atom. The summed E-state index contributed by atoms with van der Waals surface area (Å²) in [6.07, 6.45) is 11.0. The van der Waals surface area contributed by atoms with E-state index in [0.717, 1.165) is 18.4 Å². The number of rotatable bonds is 9. The monoisotopic (exact) mass is 607 g/mol. The number of hydrogen-bond acceptors (Lipinski definition) is 7. The van der Waals surface area contributed by atoms with Crippen molar-refractivity contribution in [1.29, 1.82) is 0 Å². The molecular formula is C34H45N3O7. The first kappa shape index (κ1) is 31.9. The van der Waals surface area contributed by atoms with Gasteiger partial charge in [-0.1, -0.05) is 68.0 Å². The first-order valence-electron chi connectivity index (χ1n) is 16.1. The van der Waals surface area contributed by atoms with Gasteiger partial charge in [0.05, 0.1) is 24.0 Å². The Morgan fingerprint density at radius 2 is 1.86 bits per heavy atom. The second kappa shape index (κ2) is 14.1. The molecule has 5 bridgehead atoms. The minimum absolute atomic E-state index is 0.0451. The fraction of sp³-hybridized carbons (Fsp3) is 0.588. The third-order valence-electron chi connectivity index (χ3n) is 9.40. The van der Waals surface area contributed by atoms with Gasteiger partial charge >= 0.3 is 5.97 Å². The van der Waals surface area contributed by atoms with Crippen LogP contribution in [-0.4, -0.2) is 88.7 Å². The lowest BCUT2D eigenvalue weighted by Crippen LogP contribution is -2.57. The number of ether oxygens (including phenoxy) is 2. The zero-order chi connectivity index (χ0) is 31.3. The number of nitrogens with one attached hydrogen (secondary N) is 1. The molecule has 10 nitrogen and oxygen atoms in total. The van der Waals surface area contributed by atoms with Crippen molar-refractivity contribution in [2.75, 3.05) is 26.3 Å². The predicted molar refractivity (Wildman–Crippen MR) is 163 cm³/mol.